The van der Waals surface area contributed by atoms with E-state index in [2.05, 4.69) is 12.2 Å². The van der Waals surface area contributed by atoms with Crippen LogP contribution < -0.4 is 19.1 Å². The number of carbonyl (C=O) groups is 1. The summed E-state index contributed by atoms with van der Waals surface area (Å²) in [5.41, 5.74) is 3.37. The zero-order valence-corrected chi connectivity index (χ0v) is 21.6. The first-order valence-corrected chi connectivity index (χ1v) is 12.8. The van der Waals surface area contributed by atoms with Gasteiger partial charge in [-0.25, -0.2) is 8.42 Å². The number of amides is 1. The Morgan fingerprint density at radius 1 is 0.943 bits per heavy atom. The van der Waals surface area contributed by atoms with Crippen molar-refractivity contribution in [1.29, 1.82) is 0 Å². The van der Waals surface area contributed by atoms with E-state index in [-0.39, 0.29) is 10.9 Å². The normalized spacial score (nSPS) is 12.0. The Morgan fingerprint density at radius 2 is 1.57 bits per heavy atom. The lowest BCUT2D eigenvalue weighted by Crippen LogP contribution is -2.41. The third-order valence-electron chi connectivity index (χ3n) is 5.82. The monoisotopic (exact) mass is 496 g/mol. The number of methoxy groups -OCH3 is 2. The number of benzene rings is 3. The summed E-state index contributed by atoms with van der Waals surface area (Å²) in [6.45, 7) is 5.43. The predicted molar refractivity (Wildman–Crippen MR) is 138 cm³/mol. The van der Waals surface area contributed by atoms with E-state index in [1.165, 1.54) is 31.9 Å². The largest absolute Gasteiger partial charge is 0.493 e. The van der Waals surface area contributed by atoms with Gasteiger partial charge in [-0.2, -0.15) is 0 Å². The van der Waals surface area contributed by atoms with Crippen molar-refractivity contribution >= 4 is 21.6 Å². The van der Waals surface area contributed by atoms with E-state index in [1.807, 2.05) is 38.1 Å². The average Bonchev–Trinajstić information content (AvgIpc) is 2.87. The fourth-order valence-corrected chi connectivity index (χ4v) is 5.09. The first kappa shape index (κ1) is 26.1. The first-order chi connectivity index (χ1) is 16.7. The van der Waals surface area contributed by atoms with Gasteiger partial charge in [-0.1, -0.05) is 48.9 Å². The Labute approximate surface area is 207 Å². The molecule has 3 rings (SSSR count). The molecule has 7 nitrogen and oxygen atoms in total. The highest BCUT2D eigenvalue weighted by Crippen LogP contribution is 2.33. The van der Waals surface area contributed by atoms with Gasteiger partial charge >= 0.3 is 0 Å². The highest BCUT2D eigenvalue weighted by atomic mass is 32.2. The van der Waals surface area contributed by atoms with Gasteiger partial charge in [0.05, 0.1) is 30.8 Å². The minimum absolute atomic E-state index is 0.0916. The van der Waals surface area contributed by atoms with Crippen LogP contribution in [0.15, 0.2) is 71.6 Å². The Morgan fingerprint density at radius 3 is 2.14 bits per heavy atom. The minimum Gasteiger partial charge on any atom is -0.493 e. The molecule has 0 bridgehead atoms. The first-order valence-electron chi connectivity index (χ1n) is 11.4. The minimum atomic E-state index is -4.04. The highest BCUT2D eigenvalue weighted by molar-refractivity contribution is 7.92. The zero-order valence-electron chi connectivity index (χ0n) is 20.7. The molecule has 1 atom stereocenters. The van der Waals surface area contributed by atoms with E-state index in [4.69, 9.17) is 9.47 Å². The average molecular weight is 497 g/mol. The number of carbonyl (C=O) groups excluding carboxylic acids is 1. The molecule has 0 aromatic heterocycles. The summed E-state index contributed by atoms with van der Waals surface area (Å²) in [6, 6.07) is 19.0. The topological polar surface area (TPSA) is 84.9 Å². The van der Waals surface area contributed by atoms with E-state index in [1.54, 1.807) is 30.3 Å². The van der Waals surface area contributed by atoms with Crippen LogP contribution in [0.1, 0.15) is 36.6 Å². The van der Waals surface area contributed by atoms with Crippen LogP contribution in [0.5, 0.6) is 11.5 Å². The van der Waals surface area contributed by atoms with Gasteiger partial charge in [0.1, 0.15) is 6.54 Å². The van der Waals surface area contributed by atoms with Crippen molar-refractivity contribution in [2.24, 2.45) is 0 Å². The number of aryl methyl sites for hydroxylation is 2. The van der Waals surface area contributed by atoms with Crippen LogP contribution in [0.4, 0.5) is 5.69 Å². The molecular formula is C27H32N2O5S. The Kier molecular flexibility index (Phi) is 8.40. The van der Waals surface area contributed by atoms with Crippen LogP contribution in [-0.2, 0) is 21.2 Å². The van der Waals surface area contributed by atoms with Gasteiger partial charge in [-0.15, -0.1) is 0 Å². The van der Waals surface area contributed by atoms with E-state index >= 15 is 0 Å². The molecule has 0 fully saturated rings. The Balaban J connectivity index is 1.93. The molecule has 3 aromatic rings. The molecule has 0 spiro atoms. The number of sulfonamides is 1. The molecule has 1 unspecified atom stereocenters. The van der Waals surface area contributed by atoms with Gasteiger partial charge in [0.2, 0.25) is 5.91 Å². The Bertz CT molecular complexity index is 1260. The third-order valence-corrected chi connectivity index (χ3v) is 7.60. The molecule has 8 heteroatoms. The van der Waals surface area contributed by atoms with E-state index < -0.39 is 22.5 Å². The van der Waals surface area contributed by atoms with Gasteiger partial charge in [0.15, 0.2) is 11.5 Å². The maximum Gasteiger partial charge on any atom is 0.264 e. The standard InChI is InChI=1S/C27H32N2O5S/c1-6-21-9-11-22(12-10-21)20(3)28-27(30)18-29(23-13-16-25(33-4)26(17-23)34-5)35(31,32)24-14-7-19(2)8-15-24/h7-17,20H,6,18H2,1-5H3,(H,28,30). The number of rotatable bonds is 10. The van der Waals surface area contributed by atoms with E-state index in [0.717, 1.165) is 21.9 Å². The summed E-state index contributed by atoms with van der Waals surface area (Å²) < 4.78 is 39.0. The number of nitrogens with zero attached hydrogens (tertiary/aromatic N) is 1. The molecular weight excluding hydrogens is 464 g/mol. The number of ether oxygens (including phenoxy) is 2. The molecule has 0 aliphatic heterocycles. The Hall–Kier alpha value is -3.52. The number of hydrogen-bond acceptors (Lipinski definition) is 5. The number of nitrogens with one attached hydrogen (secondary N) is 1. The van der Waals surface area contributed by atoms with Crippen molar-refractivity contribution in [1.82, 2.24) is 5.32 Å². The molecule has 1 N–H and O–H groups in total. The second-order valence-corrected chi connectivity index (χ2v) is 10.1. The SMILES string of the molecule is CCc1ccc(C(C)NC(=O)CN(c2ccc(OC)c(OC)c2)S(=O)(=O)c2ccc(C)cc2)cc1. The molecule has 0 radical (unpaired) electrons. The van der Waals surface area contributed by atoms with Crippen molar-refractivity contribution in [2.45, 2.75) is 38.1 Å². The zero-order chi connectivity index (χ0) is 25.6. The molecule has 0 heterocycles. The highest BCUT2D eigenvalue weighted by Gasteiger charge is 2.28. The van der Waals surface area contributed by atoms with Crippen LogP contribution in [0.25, 0.3) is 0 Å². The summed E-state index contributed by atoms with van der Waals surface area (Å²) in [7, 11) is -1.07. The predicted octanol–water partition coefficient (Wildman–Crippen LogP) is 4.65. The van der Waals surface area contributed by atoms with Crippen LogP contribution in [0, 0.1) is 6.92 Å². The van der Waals surface area contributed by atoms with Crippen LogP contribution >= 0.6 is 0 Å². The van der Waals surface area contributed by atoms with Crippen molar-refractivity contribution in [2.75, 3.05) is 25.1 Å². The summed E-state index contributed by atoms with van der Waals surface area (Å²) in [4.78, 5) is 13.2. The number of anilines is 1. The molecule has 3 aromatic carbocycles. The molecule has 186 valence electrons. The van der Waals surface area contributed by atoms with Gasteiger partial charge in [-0.05, 0) is 55.7 Å². The molecule has 35 heavy (non-hydrogen) atoms. The molecule has 0 saturated heterocycles. The molecule has 0 aliphatic carbocycles. The van der Waals surface area contributed by atoms with Crippen molar-refractivity contribution in [3.05, 3.63) is 83.4 Å². The van der Waals surface area contributed by atoms with E-state index in [9.17, 15) is 13.2 Å². The second-order valence-electron chi connectivity index (χ2n) is 8.25. The van der Waals surface area contributed by atoms with Crippen molar-refractivity contribution in [3.63, 3.8) is 0 Å². The third kappa shape index (κ3) is 6.14. The van der Waals surface area contributed by atoms with Crippen LogP contribution in [0.3, 0.4) is 0 Å². The smallest absolute Gasteiger partial charge is 0.264 e. The number of hydrogen-bond donors (Lipinski definition) is 1. The van der Waals surface area contributed by atoms with Gasteiger partial charge in [-0.3, -0.25) is 9.10 Å². The fraction of sp³-hybridized carbons (Fsp3) is 0.296. The van der Waals surface area contributed by atoms with Gasteiger partial charge in [0, 0.05) is 6.07 Å². The van der Waals surface area contributed by atoms with E-state index in [0.29, 0.717) is 17.2 Å². The van der Waals surface area contributed by atoms with Crippen LogP contribution in [0.2, 0.25) is 0 Å². The lowest BCUT2D eigenvalue weighted by molar-refractivity contribution is -0.120. The van der Waals surface area contributed by atoms with Crippen molar-refractivity contribution < 1.29 is 22.7 Å². The molecule has 0 aliphatic rings. The summed E-state index contributed by atoms with van der Waals surface area (Å²) in [5.74, 6) is 0.388. The van der Waals surface area contributed by atoms with Gasteiger partial charge in [0.25, 0.3) is 10.0 Å². The quantitative estimate of drug-likeness (QED) is 0.442. The molecule has 0 saturated carbocycles. The lowest BCUT2D eigenvalue weighted by atomic mass is 10.1. The molecule has 1 amide bonds. The maximum atomic E-state index is 13.6. The van der Waals surface area contributed by atoms with Crippen molar-refractivity contribution in [3.8, 4) is 11.5 Å². The van der Waals surface area contributed by atoms with Gasteiger partial charge < -0.3 is 14.8 Å². The second kappa shape index (κ2) is 11.3. The summed E-state index contributed by atoms with van der Waals surface area (Å²) >= 11 is 0. The van der Waals surface area contributed by atoms with Crippen LogP contribution in [-0.4, -0.2) is 35.1 Å². The summed E-state index contributed by atoms with van der Waals surface area (Å²) in [6.07, 6.45) is 0.929. The summed E-state index contributed by atoms with van der Waals surface area (Å²) in [5, 5.41) is 2.92. The maximum absolute atomic E-state index is 13.6. The fourth-order valence-electron chi connectivity index (χ4n) is 3.68. The lowest BCUT2D eigenvalue weighted by Gasteiger charge is -2.26.